The number of anilines is 1. The van der Waals surface area contributed by atoms with Crippen LogP contribution in [0.5, 0.6) is 0 Å². The molecule has 3 heterocycles. The van der Waals surface area contributed by atoms with Gasteiger partial charge in [0.1, 0.15) is 0 Å². The maximum Gasteiger partial charge on any atom is 0.279 e. The minimum atomic E-state index is 0.150. The van der Waals surface area contributed by atoms with Gasteiger partial charge in [-0.3, -0.25) is 9.69 Å². The second-order valence-corrected chi connectivity index (χ2v) is 6.81. The third-order valence-corrected chi connectivity index (χ3v) is 5.00. The molecule has 0 radical (unpaired) electrons. The largest absolute Gasteiger partial charge is 0.321 e. The predicted octanol–water partition coefficient (Wildman–Crippen LogP) is 1.38. The lowest BCUT2D eigenvalue weighted by Gasteiger charge is -2.50. The van der Waals surface area contributed by atoms with Crippen molar-refractivity contribution in [2.45, 2.75) is 0 Å². The summed E-state index contributed by atoms with van der Waals surface area (Å²) < 4.78 is 2.16. The highest BCUT2D eigenvalue weighted by atomic mass is 127. The van der Waals surface area contributed by atoms with Crippen LogP contribution in [0.1, 0.15) is 0 Å². The first kappa shape index (κ1) is 13.3. The SMILES string of the molecule is O=C(C[N+]12CCN(CC1)CC2)Nc1ccc(I)cc1. The number of piperazine rings is 3. The van der Waals surface area contributed by atoms with E-state index >= 15 is 0 Å². The van der Waals surface area contributed by atoms with Crippen LogP contribution in [0.25, 0.3) is 0 Å². The van der Waals surface area contributed by atoms with E-state index in [1.165, 1.54) is 3.57 Å². The van der Waals surface area contributed by atoms with Crippen LogP contribution in [0.15, 0.2) is 24.3 Å². The van der Waals surface area contributed by atoms with E-state index in [4.69, 9.17) is 0 Å². The highest BCUT2D eigenvalue weighted by Gasteiger charge is 2.39. The van der Waals surface area contributed by atoms with Crippen LogP contribution in [0.4, 0.5) is 5.69 Å². The minimum absolute atomic E-state index is 0.150. The molecule has 2 bridgehead atoms. The van der Waals surface area contributed by atoms with Crippen LogP contribution in [0, 0.1) is 3.57 Å². The molecule has 3 saturated heterocycles. The fourth-order valence-electron chi connectivity index (χ4n) is 3.01. The Morgan fingerprint density at radius 1 is 1.16 bits per heavy atom. The van der Waals surface area contributed by atoms with Crippen molar-refractivity contribution in [3.05, 3.63) is 27.8 Å². The van der Waals surface area contributed by atoms with E-state index in [2.05, 4.69) is 32.8 Å². The molecule has 0 aliphatic carbocycles. The van der Waals surface area contributed by atoms with Crippen LogP contribution in [-0.4, -0.2) is 61.1 Å². The van der Waals surface area contributed by atoms with Gasteiger partial charge in [-0.25, -0.2) is 0 Å². The first-order valence-corrected chi connectivity index (χ1v) is 7.86. The van der Waals surface area contributed by atoms with Gasteiger partial charge in [-0.1, -0.05) is 0 Å². The summed E-state index contributed by atoms with van der Waals surface area (Å²) in [5.74, 6) is 0.150. The lowest BCUT2D eigenvalue weighted by Crippen LogP contribution is -2.68. The molecule has 1 aromatic rings. The third kappa shape index (κ3) is 3.09. The second-order valence-electron chi connectivity index (χ2n) is 5.57. The Morgan fingerprint density at radius 3 is 2.32 bits per heavy atom. The van der Waals surface area contributed by atoms with Gasteiger partial charge < -0.3 is 9.80 Å². The molecule has 0 atom stereocenters. The predicted molar refractivity (Wildman–Crippen MR) is 84.0 cm³/mol. The Kier molecular flexibility index (Phi) is 3.77. The number of hydrogen-bond acceptors (Lipinski definition) is 2. The van der Waals surface area contributed by atoms with Gasteiger partial charge in [0.05, 0.1) is 19.6 Å². The molecule has 1 amide bonds. The van der Waals surface area contributed by atoms with Crippen molar-refractivity contribution in [2.75, 3.05) is 51.1 Å². The average Bonchev–Trinajstić information content (AvgIpc) is 2.43. The Morgan fingerprint density at radius 2 is 1.74 bits per heavy atom. The van der Waals surface area contributed by atoms with Gasteiger partial charge in [0.2, 0.25) is 0 Å². The number of fused-ring (bicyclic) bond motifs is 3. The topological polar surface area (TPSA) is 32.3 Å². The van der Waals surface area contributed by atoms with Crippen molar-refractivity contribution in [2.24, 2.45) is 0 Å². The van der Waals surface area contributed by atoms with Crippen molar-refractivity contribution in [1.82, 2.24) is 4.90 Å². The molecule has 0 aromatic heterocycles. The average molecular weight is 372 g/mol. The second kappa shape index (κ2) is 5.38. The molecule has 4 nitrogen and oxygen atoms in total. The van der Waals surface area contributed by atoms with Gasteiger partial charge in [-0.15, -0.1) is 0 Å². The van der Waals surface area contributed by atoms with Gasteiger partial charge in [0.25, 0.3) is 5.91 Å². The molecule has 19 heavy (non-hydrogen) atoms. The number of halogens is 1. The molecular weight excluding hydrogens is 353 g/mol. The maximum atomic E-state index is 12.2. The number of hydrogen-bond donors (Lipinski definition) is 1. The van der Waals surface area contributed by atoms with Crippen LogP contribution < -0.4 is 5.32 Å². The van der Waals surface area contributed by atoms with Crippen molar-refractivity contribution in [1.29, 1.82) is 0 Å². The van der Waals surface area contributed by atoms with Crippen molar-refractivity contribution in [3.63, 3.8) is 0 Å². The molecule has 0 saturated carbocycles. The van der Waals surface area contributed by atoms with Crippen LogP contribution >= 0.6 is 22.6 Å². The quantitative estimate of drug-likeness (QED) is 0.642. The standard InChI is InChI=1S/C14H18IN3O/c15-12-1-3-13(4-2-12)16-14(19)11-18-8-5-17(6-9-18)7-10-18/h1-4H,5-11H2/p+1. The van der Waals surface area contributed by atoms with Gasteiger partial charge in [-0.2, -0.15) is 0 Å². The Hall–Kier alpha value is -0.660. The number of amides is 1. The molecule has 102 valence electrons. The number of quaternary nitrogens is 1. The van der Waals surface area contributed by atoms with E-state index in [0.29, 0.717) is 6.54 Å². The first-order valence-electron chi connectivity index (χ1n) is 6.78. The monoisotopic (exact) mass is 372 g/mol. The molecule has 1 aromatic carbocycles. The van der Waals surface area contributed by atoms with Crippen LogP contribution in [0.3, 0.4) is 0 Å². The number of benzene rings is 1. The Balaban J connectivity index is 1.60. The van der Waals surface area contributed by atoms with E-state index in [0.717, 1.165) is 49.4 Å². The number of rotatable bonds is 3. The molecule has 1 N–H and O–H groups in total. The van der Waals surface area contributed by atoms with Crippen molar-refractivity contribution >= 4 is 34.2 Å². The van der Waals surface area contributed by atoms with Gasteiger partial charge in [0.15, 0.2) is 6.54 Å². The zero-order chi connectivity index (χ0) is 13.3. The highest BCUT2D eigenvalue weighted by molar-refractivity contribution is 14.1. The van der Waals surface area contributed by atoms with Crippen molar-refractivity contribution in [3.8, 4) is 0 Å². The zero-order valence-electron chi connectivity index (χ0n) is 10.9. The molecule has 0 spiro atoms. The zero-order valence-corrected chi connectivity index (χ0v) is 13.1. The molecular formula is C14H19IN3O+. The lowest BCUT2D eigenvalue weighted by atomic mass is 10.1. The summed E-state index contributed by atoms with van der Waals surface area (Å²) in [6, 6.07) is 7.96. The molecule has 5 heteroatoms. The summed E-state index contributed by atoms with van der Waals surface area (Å²) in [7, 11) is 0. The fourth-order valence-corrected chi connectivity index (χ4v) is 3.37. The van der Waals surface area contributed by atoms with Crippen molar-refractivity contribution < 1.29 is 9.28 Å². The summed E-state index contributed by atoms with van der Waals surface area (Å²) in [6.45, 7) is 7.45. The van der Waals surface area contributed by atoms with E-state index in [9.17, 15) is 4.79 Å². The van der Waals surface area contributed by atoms with E-state index in [1.807, 2.05) is 24.3 Å². The molecule has 3 aliphatic rings. The summed E-state index contributed by atoms with van der Waals surface area (Å²) in [5.41, 5.74) is 0.902. The maximum absolute atomic E-state index is 12.2. The number of nitrogens with zero attached hydrogens (tertiary/aromatic N) is 2. The van der Waals surface area contributed by atoms with E-state index in [1.54, 1.807) is 0 Å². The Bertz CT molecular complexity index is 452. The molecule has 4 rings (SSSR count). The van der Waals surface area contributed by atoms with E-state index in [-0.39, 0.29) is 5.91 Å². The number of carbonyl (C=O) groups excluding carboxylic acids is 1. The third-order valence-electron chi connectivity index (χ3n) is 4.28. The smallest absolute Gasteiger partial charge is 0.279 e. The number of carbonyl (C=O) groups is 1. The first-order chi connectivity index (χ1) is 9.15. The van der Waals surface area contributed by atoms with E-state index < -0.39 is 0 Å². The summed E-state index contributed by atoms with van der Waals surface area (Å²) in [4.78, 5) is 14.7. The lowest BCUT2D eigenvalue weighted by molar-refractivity contribution is -0.933. The van der Waals surface area contributed by atoms with Crippen LogP contribution in [0.2, 0.25) is 0 Å². The highest BCUT2D eigenvalue weighted by Crippen LogP contribution is 2.19. The van der Waals surface area contributed by atoms with Gasteiger partial charge >= 0.3 is 0 Å². The Labute approximate surface area is 127 Å². The molecule has 0 unspecified atom stereocenters. The van der Waals surface area contributed by atoms with Gasteiger partial charge in [-0.05, 0) is 46.9 Å². The molecule has 3 aliphatic heterocycles. The fraction of sp³-hybridized carbons (Fsp3) is 0.500. The van der Waals surface area contributed by atoms with Crippen LogP contribution in [-0.2, 0) is 4.79 Å². The number of nitrogens with one attached hydrogen (secondary N) is 1. The normalized spacial score (nSPS) is 29.2. The summed E-state index contributed by atoms with van der Waals surface area (Å²) in [5, 5.41) is 3.02. The van der Waals surface area contributed by atoms with Gasteiger partial charge in [0, 0.05) is 28.9 Å². The summed E-state index contributed by atoms with van der Waals surface area (Å²) in [6.07, 6.45) is 0. The minimum Gasteiger partial charge on any atom is -0.321 e. The molecule has 3 fully saturated rings. The summed E-state index contributed by atoms with van der Waals surface area (Å²) >= 11 is 2.27.